The van der Waals surface area contributed by atoms with Crippen molar-refractivity contribution in [1.29, 1.82) is 0 Å². The van der Waals surface area contributed by atoms with Crippen LogP contribution in [0.15, 0.2) is 126 Å². The summed E-state index contributed by atoms with van der Waals surface area (Å²) in [6.07, 6.45) is 0.222. The third-order valence-electron chi connectivity index (χ3n) is 10.4. The highest BCUT2D eigenvalue weighted by atomic mass is 31.2. The molecule has 1 amide bonds. The van der Waals surface area contributed by atoms with Crippen LogP contribution in [0.1, 0.15) is 67.4 Å². The molecular weight excluding hydrogens is 753 g/mol. The fourth-order valence-electron chi connectivity index (χ4n) is 7.26. The maximum Gasteiger partial charge on any atom is 0.351 e. The van der Waals surface area contributed by atoms with Gasteiger partial charge < -0.3 is 28.8 Å². The largest absolute Gasteiger partial charge is 0.497 e. The second kappa shape index (κ2) is 20.2. The van der Waals surface area contributed by atoms with Gasteiger partial charge in [-0.1, -0.05) is 100 Å². The number of carbonyl (C=O) groups excluding carboxylic acids is 1. The van der Waals surface area contributed by atoms with Gasteiger partial charge in [0.25, 0.3) is 5.91 Å². The number of nitrogens with one attached hydrogen (secondary N) is 1. The molecular formula is C45H54N5O7P. The molecule has 1 aliphatic heterocycles. The van der Waals surface area contributed by atoms with Crippen LogP contribution in [-0.2, 0) is 19.6 Å². The number of aromatic nitrogens is 2. The molecule has 0 radical (unpaired) electrons. The molecule has 1 fully saturated rings. The zero-order chi connectivity index (χ0) is 41.1. The van der Waals surface area contributed by atoms with E-state index in [0.29, 0.717) is 12.0 Å². The zero-order valence-electron chi connectivity index (χ0n) is 34.1. The average Bonchev–Trinajstić information content (AvgIpc) is 3.67. The maximum absolute atomic E-state index is 13.7. The van der Waals surface area contributed by atoms with Crippen LogP contribution in [0.2, 0.25) is 0 Å². The quantitative estimate of drug-likeness (QED) is 0.0648. The maximum atomic E-state index is 13.7. The molecule has 13 heteroatoms. The van der Waals surface area contributed by atoms with Crippen LogP contribution in [0.3, 0.4) is 0 Å². The molecule has 12 nitrogen and oxygen atoms in total. The molecule has 1 saturated heterocycles. The summed E-state index contributed by atoms with van der Waals surface area (Å²) in [7, 11) is 2.11. The lowest BCUT2D eigenvalue weighted by Gasteiger charge is -2.39. The third kappa shape index (κ3) is 9.50. The molecule has 0 saturated carbocycles. The summed E-state index contributed by atoms with van der Waals surface area (Å²) in [5.74, 6) is 1.24. The van der Waals surface area contributed by atoms with Crippen LogP contribution in [0.25, 0.3) is 0 Å². The van der Waals surface area contributed by atoms with Crippen LogP contribution >= 0.6 is 8.45 Å². The van der Waals surface area contributed by atoms with E-state index in [0.717, 1.165) is 54.4 Å². The zero-order valence-corrected chi connectivity index (χ0v) is 35.0. The molecule has 0 unspecified atom stereocenters. The second-order valence-corrected chi connectivity index (χ2v) is 15.5. The number of anilines is 1. The first-order chi connectivity index (χ1) is 28.3. The number of hydrogen-bond acceptors (Lipinski definition) is 10. The summed E-state index contributed by atoms with van der Waals surface area (Å²) in [6.45, 7) is 11.9. The number of amides is 1. The highest BCUT2D eigenvalue weighted by Gasteiger charge is 2.45. The summed E-state index contributed by atoms with van der Waals surface area (Å²) in [6, 6.07) is 36.3. The molecule has 0 bridgehead atoms. The van der Waals surface area contributed by atoms with Crippen LogP contribution in [0.4, 0.5) is 5.82 Å². The van der Waals surface area contributed by atoms with Crippen molar-refractivity contribution in [2.24, 2.45) is 0 Å². The van der Waals surface area contributed by atoms with Crippen molar-refractivity contribution < 1.29 is 28.3 Å². The van der Waals surface area contributed by atoms with E-state index < -0.39 is 38.2 Å². The Morgan fingerprint density at radius 2 is 1.29 bits per heavy atom. The van der Waals surface area contributed by atoms with E-state index in [9.17, 15) is 9.59 Å². The molecule has 5 aromatic rings. The fourth-order valence-corrected chi connectivity index (χ4v) is 9.31. The van der Waals surface area contributed by atoms with Crippen molar-refractivity contribution in [2.45, 2.75) is 58.2 Å². The monoisotopic (exact) mass is 807 g/mol. The first kappa shape index (κ1) is 42.7. The molecule has 1 N–H and O–H groups in total. The standard InChI is InChI=1S/C45H54N5O7P/c1-7-48(8-2)58(49(9-3)10-4)57-39-31-42(50-30-29-41(47-44(50)52)46-43(51)33-17-13-11-14-18-33)56-40(39)32-55-45(34-19-15-12-16-20-34,35-21-25-37(53-5)26-22-35)36-23-27-38(54-6)28-24-36/h11-30,39-40,42H,7-10,31-32H2,1-6H3,(H,46,47,51,52)/t39-,40+,42+/m0/s1. The summed E-state index contributed by atoms with van der Waals surface area (Å²) >= 11 is 0. The minimum Gasteiger partial charge on any atom is -0.497 e. The van der Waals surface area contributed by atoms with Crippen molar-refractivity contribution in [2.75, 3.05) is 52.3 Å². The van der Waals surface area contributed by atoms with E-state index >= 15 is 0 Å². The molecule has 2 heterocycles. The summed E-state index contributed by atoms with van der Waals surface area (Å²) in [4.78, 5) is 30.8. The van der Waals surface area contributed by atoms with Gasteiger partial charge in [-0.25, -0.2) is 14.1 Å². The van der Waals surface area contributed by atoms with Crippen molar-refractivity contribution in [3.63, 3.8) is 0 Å². The fraction of sp³-hybridized carbons (Fsp3) is 0.356. The molecule has 58 heavy (non-hydrogen) atoms. The summed E-state index contributed by atoms with van der Waals surface area (Å²) < 4.78 is 38.5. The minimum atomic E-state index is -1.19. The van der Waals surface area contributed by atoms with Gasteiger partial charge in [-0.15, -0.1) is 0 Å². The van der Waals surface area contributed by atoms with E-state index in [-0.39, 0.29) is 18.3 Å². The number of ether oxygens (including phenoxy) is 4. The Labute approximate surface area is 342 Å². The highest BCUT2D eigenvalue weighted by molar-refractivity contribution is 7.47. The van der Waals surface area contributed by atoms with E-state index in [1.54, 1.807) is 50.7 Å². The first-order valence-corrected chi connectivity index (χ1v) is 21.0. The van der Waals surface area contributed by atoms with Crippen molar-refractivity contribution in [1.82, 2.24) is 18.9 Å². The van der Waals surface area contributed by atoms with Gasteiger partial charge in [0.2, 0.25) is 0 Å². The Morgan fingerprint density at radius 1 is 0.776 bits per heavy atom. The third-order valence-corrected chi connectivity index (χ3v) is 13.0. The Kier molecular flexibility index (Phi) is 14.8. The second-order valence-electron chi connectivity index (χ2n) is 13.7. The lowest BCUT2D eigenvalue weighted by atomic mass is 9.80. The van der Waals surface area contributed by atoms with Gasteiger partial charge >= 0.3 is 5.69 Å². The smallest absolute Gasteiger partial charge is 0.351 e. The van der Waals surface area contributed by atoms with Gasteiger partial charge in [-0.05, 0) is 59.2 Å². The van der Waals surface area contributed by atoms with Gasteiger partial charge in [-0.3, -0.25) is 9.36 Å². The molecule has 306 valence electrons. The molecule has 3 atom stereocenters. The van der Waals surface area contributed by atoms with Gasteiger partial charge in [-0.2, -0.15) is 4.98 Å². The van der Waals surface area contributed by atoms with Gasteiger partial charge in [0.15, 0.2) is 8.45 Å². The molecule has 0 spiro atoms. The van der Waals surface area contributed by atoms with Gasteiger partial charge in [0, 0.05) is 44.4 Å². The summed E-state index contributed by atoms with van der Waals surface area (Å²) in [5.41, 5.74) is 1.51. The van der Waals surface area contributed by atoms with Crippen molar-refractivity contribution in [3.8, 4) is 11.5 Å². The first-order valence-electron chi connectivity index (χ1n) is 19.8. The Bertz CT molecular complexity index is 2040. The van der Waals surface area contributed by atoms with E-state index in [2.05, 4.69) is 59.5 Å². The van der Waals surface area contributed by atoms with Gasteiger partial charge in [0.05, 0.1) is 26.9 Å². The topological polar surface area (TPSA) is 117 Å². The number of rotatable bonds is 19. The number of benzene rings is 4. The molecule has 1 aliphatic rings. The van der Waals surface area contributed by atoms with Crippen LogP contribution in [0, 0.1) is 0 Å². The molecule has 0 aliphatic carbocycles. The van der Waals surface area contributed by atoms with Crippen LogP contribution in [0.5, 0.6) is 11.5 Å². The predicted octanol–water partition coefficient (Wildman–Crippen LogP) is 8.10. The highest BCUT2D eigenvalue weighted by Crippen LogP contribution is 2.50. The van der Waals surface area contributed by atoms with Gasteiger partial charge in [0.1, 0.15) is 35.2 Å². The number of carbonyl (C=O) groups is 1. The summed E-state index contributed by atoms with van der Waals surface area (Å²) in [5, 5.41) is 2.74. The van der Waals surface area contributed by atoms with E-state index in [1.807, 2.05) is 72.8 Å². The van der Waals surface area contributed by atoms with Crippen molar-refractivity contribution >= 4 is 20.2 Å². The average molecular weight is 808 g/mol. The van der Waals surface area contributed by atoms with E-state index in [1.165, 1.54) is 4.57 Å². The SMILES string of the molecule is CCN(CC)P(O[C@H]1C[C@H](n2ccc(NC(=O)c3ccccc3)nc2=O)O[C@@H]1COC(c1ccccc1)(c1ccc(OC)cc1)c1ccc(OC)cc1)N(CC)CC. The Balaban J connectivity index is 1.38. The lowest BCUT2D eigenvalue weighted by molar-refractivity contribution is -0.0917. The predicted molar refractivity (Wildman–Crippen MR) is 227 cm³/mol. The van der Waals surface area contributed by atoms with Crippen LogP contribution < -0.4 is 20.5 Å². The lowest BCUT2D eigenvalue weighted by Crippen LogP contribution is -2.39. The normalized spacial score (nSPS) is 16.9. The number of hydrogen-bond donors (Lipinski definition) is 1. The molecule has 1 aromatic heterocycles. The Hall–Kier alpha value is -4.94. The molecule has 4 aromatic carbocycles. The number of methoxy groups -OCH3 is 2. The minimum absolute atomic E-state index is 0.112. The van der Waals surface area contributed by atoms with Crippen LogP contribution in [-0.4, -0.2) is 84.0 Å². The van der Waals surface area contributed by atoms with E-state index in [4.69, 9.17) is 23.5 Å². The molecule has 6 rings (SSSR count). The Morgan fingerprint density at radius 3 is 1.79 bits per heavy atom. The number of nitrogens with zero attached hydrogens (tertiary/aromatic N) is 4. The van der Waals surface area contributed by atoms with Crippen molar-refractivity contribution in [3.05, 3.63) is 154 Å².